The summed E-state index contributed by atoms with van der Waals surface area (Å²) < 4.78 is 13.3. The van der Waals surface area contributed by atoms with Crippen LogP contribution in [0.4, 0.5) is 14.9 Å². The third-order valence-electron chi connectivity index (χ3n) is 1.60. The van der Waals surface area contributed by atoms with E-state index in [4.69, 9.17) is 16.7 Å². The number of nitrogens with one attached hydrogen (secondary N) is 2. The van der Waals surface area contributed by atoms with Crippen molar-refractivity contribution in [3.63, 3.8) is 0 Å². The van der Waals surface area contributed by atoms with Gasteiger partial charge in [0.1, 0.15) is 6.54 Å². The topological polar surface area (TPSA) is 78.4 Å². The van der Waals surface area contributed by atoms with Crippen molar-refractivity contribution in [1.82, 2.24) is 5.32 Å². The summed E-state index contributed by atoms with van der Waals surface area (Å²) in [5, 5.41) is 12.3. The summed E-state index contributed by atoms with van der Waals surface area (Å²) >= 11 is 5.48. The Morgan fingerprint density at radius 3 is 2.75 bits per heavy atom. The van der Waals surface area contributed by atoms with Gasteiger partial charge in [0.15, 0.2) is 5.82 Å². The van der Waals surface area contributed by atoms with Crippen LogP contribution in [0.2, 0.25) is 5.02 Å². The molecule has 1 aromatic carbocycles. The predicted molar refractivity (Wildman–Crippen MR) is 56.1 cm³/mol. The van der Waals surface area contributed by atoms with Gasteiger partial charge in [-0.05, 0) is 12.1 Å². The van der Waals surface area contributed by atoms with Gasteiger partial charge in [0, 0.05) is 0 Å². The lowest BCUT2D eigenvalue weighted by Crippen LogP contribution is -2.33. The fourth-order valence-corrected chi connectivity index (χ4v) is 1.10. The third kappa shape index (κ3) is 3.39. The largest absolute Gasteiger partial charge is 0.480 e. The zero-order valence-electron chi connectivity index (χ0n) is 7.96. The van der Waals surface area contributed by atoms with E-state index < -0.39 is 24.4 Å². The first-order valence-electron chi connectivity index (χ1n) is 4.21. The number of hydrogen-bond donors (Lipinski definition) is 3. The Kier molecular flexibility index (Phi) is 4.07. The predicted octanol–water partition coefficient (Wildman–Crippen LogP) is 1.69. The van der Waals surface area contributed by atoms with Crippen molar-refractivity contribution in [2.24, 2.45) is 0 Å². The number of carboxylic acid groups (broad SMARTS) is 1. The average molecular weight is 247 g/mol. The van der Waals surface area contributed by atoms with Crippen LogP contribution in [0.25, 0.3) is 0 Å². The number of anilines is 1. The molecule has 2 amide bonds. The molecule has 3 N–H and O–H groups in total. The lowest BCUT2D eigenvalue weighted by atomic mass is 10.3. The molecule has 0 heterocycles. The Bertz CT molecular complexity index is 425. The molecule has 5 nitrogen and oxygen atoms in total. The average Bonchev–Trinajstić information content (AvgIpc) is 2.22. The number of amides is 2. The highest BCUT2D eigenvalue weighted by atomic mass is 35.5. The van der Waals surface area contributed by atoms with Gasteiger partial charge >= 0.3 is 12.0 Å². The molecule has 16 heavy (non-hydrogen) atoms. The van der Waals surface area contributed by atoms with E-state index in [1.165, 1.54) is 18.2 Å². The summed E-state index contributed by atoms with van der Waals surface area (Å²) in [4.78, 5) is 21.2. The maximum atomic E-state index is 13.3. The molecular weight excluding hydrogens is 239 g/mol. The van der Waals surface area contributed by atoms with Gasteiger partial charge in [0.25, 0.3) is 0 Å². The zero-order chi connectivity index (χ0) is 12.1. The quantitative estimate of drug-likeness (QED) is 0.759. The third-order valence-corrected chi connectivity index (χ3v) is 1.89. The maximum Gasteiger partial charge on any atom is 0.323 e. The fraction of sp³-hybridized carbons (Fsp3) is 0.111. The van der Waals surface area contributed by atoms with Crippen molar-refractivity contribution in [3.8, 4) is 0 Å². The highest BCUT2D eigenvalue weighted by Crippen LogP contribution is 2.21. The molecule has 0 bridgehead atoms. The summed E-state index contributed by atoms with van der Waals surface area (Å²) in [7, 11) is 0. The molecule has 0 aliphatic carbocycles. The first-order valence-corrected chi connectivity index (χ1v) is 4.59. The standard InChI is InChI=1S/C9H8ClFN2O3/c10-5-2-1-3-6(8(5)11)13-9(16)12-4-7(14)15/h1-3H,4H2,(H,14,15)(H2,12,13,16). The first-order chi connectivity index (χ1) is 7.50. The van der Waals surface area contributed by atoms with E-state index >= 15 is 0 Å². The number of hydrogen-bond acceptors (Lipinski definition) is 2. The number of urea groups is 1. The minimum absolute atomic E-state index is 0.115. The molecule has 0 aromatic heterocycles. The van der Waals surface area contributed by atoms with Crippen molar-refractivity contribution in [3.05, 3.63) is 29.0 Å². The number of aliphatic carboxylic acids is 1. The second kappa shape index (κ2) is 5.32. The van der Waals surface area contributed by atoms with Gasteiger partial charge in [-0.2, -0.15) is 0 Å². The van der Waals surface area contributed by atoms with Gasteiger partial charge in [-0.25, -0.2) is 9.18 Å². The van der Waals surface area contributed by atoms with E-state index in [1.807, 2.05) is 5.32 Å². The van der Waals surface area contributed by atoms with Crippen LogP contribution in [0.1, 0.15) is 0 Å². The molecule has 0 atom stereocenters. The van der Waals surface area contributed by atoms with Gasteiger partial charge in [0.05, 0.1) is 10.7 Å². The van der Waals surface area contributed by atoms with Gasteiger partial charge in [-0.1, -0.05) is 17.7 Å². The molecule has 0 saturated carbocycles. The van der Waals surface area contributed by atoms with E-state index in [0.717, 1.165) is 0 Å². The Morgan fingerprint density at radius 1 is 1.44 bits per heavy atom. The molecule has 86 valence electrons. The van der Waals surface area contributed by atoms with E-state index in [0.29, 0.717) is 0 Å². The van der Waals surface area contributed by atoms with E-state index in [9.17, 15) is 14.0 Å². The molecule has 0 spiro atoms. The van der Waals surface area contributed by atoms with Crippen molar-refractivity contribution in [1.29, 1.82) is 0 Å². The maximum absolute atomic E-state index is 13.3. The minimum Gasteiger partial charge on any atom is -0.480 e. The monoisotopic (exact) mass is 246 g/mol. The van der Waals surface area contributed by atoms with Gasteiger partial charge < -0.3 is 15.7 Å². The molecule has 0 aliphatic rings. The number of benzene rings is 1. The van der Waals surface area contributed by atoms with Crippen molar-refractivity contribution < 1.29 is 19.1 Å². The molecular formula is C9H8ClFN2O3. The zero-order valence-corrected chi connectivity index (χ0v) is 8.71. The van der Waals surface area contributed by atoms with Gasteiger partial charge in [0.2, 0.25) is 0 Å². The summed E-state index contributed by atoms with van der Waals surface area (Å²) in [6.07, 6.45) is 0. The molecule has 0 saturated heterocycles. The summed E-state index contributed by atoms with van der Waals surface area (Å²) in [5.74, 6) is -1.96. The lowest BCUT2D eigenvalue weighted by Gasteiger charge is -2.07. The van der Waals surface area contributed by atoms with Crippen LogP contribution in [-0.2, 0) is 4.79 Å². The van der Waals surface area contributed by atoms with Crippen LogP contribution in [0.15, 0.2) is 18.2 Å². The second-order valence-electron chi connectivity index (χ2n) is 2.80. The molecule has 0 radical (unpaired) electrons. The van der Waals surface area contributed by atoms with E-state index in [-0.39, 0.29) is 10.7 Å². The summed E-state index contributed by atoms with van der Waals surface area (Å²) in [6, 6.07) is 3.28. The second-order valence-corrected chi connectivity index (χ2v) is 3.21. The van der Waals surface area contributed by atoms with Crippen molar-refractivity contribution >= 4 is 29.3 Å². The van der Waals surface area contributed by atoms with Crippen LogP contribution in [-0.4, -0.2) is 23.7 Å². The minimum atomic E-state index is -1.19. The molecule has 0 aliphatic heterocycles. The number of carboxylic acids is 1. The van der Waals surface area contributed by atoms with Gasteiger partial charge in [-0.15, -0.1) is 0 Å². The Morgan fingerprint density at radius 2 is 2.12 bits per heavy atom. The highest BCUT2D eigenvalue weighted by molar-refractivity contribution is 6.31. The van der Waals surface area contributed by atoms with E-state index in [1.54, 1.807) is 0 Å². The molecule has 0 unspecified atom stereocenters. The number of carbonyl (C=O) groups excluding carboxylic acids is 1. The normalized spacial score (nSPS) is 9.62. The number of carbonyl (C=O) groups is 2. The smallest absolute Gasteiger partial charge is 0.323 e. The van der Waals surface area contributed by atoms with Crippen molar-refractivity contribution in [2.75, 3.05) is 11.9 Å². The SMILES string of the molecule is O=C(O)CNC(=O)Nc1cccc(Cl)c1F. The fourth-order valence-electron chi connectivity index (χ4n) is 0.923. The highest BCUT2D eigenvalue weighted by Gasteiger charge is 2.09. The van der Waals surface area contributed by atoms with Gasteiger partial charge in [-0.3, -0.25) is 4.79 Å². The summed E-state index contributed by atoms with van der Waals surface area (Å²) in [5.41, 5.74) is -0.115. The van der Waals surface area contributed by atoms with Crippen LogP contribution in [0, 0.1) is 5.82 Å². The van der Waals surface area contributed by atoms with Crippen LogP contribution in [0.3, 0.4) is 0 Å². The van der Waals surface area contributed by atoms with Crippen LogP contribution < -0.4 is 10.6 Å². The van der Waals surface area contributed by atoms with Crippen molar-refractivity contribution in [2.45, 2.75) is 0 Å². The van der Waals surface area contributed by atoms with Crippen LogP contribution in [0.5, 0.6) is 0 Å². The summed E-state index contributed by atoms with van der Waals surface area (Å²) in [6.45, 7) is -0.548. The molecule has 7 heteroatoms. The van der Waals surface area contributed by atoms with Crippen LogP contribution >= 0.6 is 11.6 Å². The number of rotatable bonds is 3. The molecule has 0 fully saturated rings. The Hall–Kier alpha value is -1.82. The lowest BCUT2D eigenvalue weighted by molar-refractivity contribution is -0.135. The number of halogens is 2. The first kappa shape index (κ1) is 12.3. The molecule has 1 aromatic rings. The Balaban J connectivity index is 2.63. The van der Waals surface area contributed by atoms with E-state index in [2.05, 4.69) is 5.32 Å². The Labute approximate surface area is 95.2 Å². The molecule has 1 rings (SSSR count).